The van der Waals surface area contributed by atoms with Gasteiger partial charge in [0.2, 0.25) is 0 Å². The van der Waals surface area contributed by atoms with Crippen LogP contribution in [0.1, 0.15) is 10.6 Å². The number of aromatic nitrogens is 1. The summed E-state index contributed by atoms with van der Waals surface area (Å²) in [4.78, 5) is 6.57. The van der Waals surface area contributed by atoms with Crippen molar-refractivity contribution >= 4 is 22.9 Å². The Morgan fingerprint density at radius 3 is 2.61 bits per heavy atom. The molecule has 0 fully saturated rings. The number of nitrogens with two attached hydrogens (primary N) is 1. The van der Waals surface area contributed by atoms with Crippen molar-refractivity contribution in [2.45, 2.75) is 13.1 Å². The van der Waals surface area contributed by atoms with Crippen molar-refractivity contribution < 1.29 is 0 Å². The minimum atomic E-state index is 0.645. The lowest BCUT2D eigenvalue weighted by Gasteiger charge is -2.20. The fraction of sp³-hybridized carbons (Fsp3) is 0.308. The van der Waals surface area contributed by atoms with E-state index in [2.05, 4.69) is 34.1 Å². The van der Waals surface area contributed by atoms with E-state index in [1.54, 1.807) is 6.20 Å². The largest absolute Gasteiger partial charge is 0.329 e. The van der Waals surface area contributed by atoms with E-state index in [0.717, 1.165) is 29.0 Å². The minimum Gasteiger partial charge on any atom is -0.329 e. The Hall–Kier alpha value is -0.940. The summed E-state index contributed by atoms with van der Waals surface area (Å²) in [7, 11) is 0. The van der Waals surface area contributed by atoms with Gasteiger partial charge in [0.05, 0.1) is 12.7 Å². The molecule has 0 unspecified atom stereocenters. The van der Waals surface area contributed by atoms with E-state index in [4.69, 9.17) is 17.3 Å². The molecule has 3 nitrogen and oxygen atoms in total. The third kappa shape index (κ3) is 4.07. The molecule has 0 radical (unpaired) electrons. The molecule has 2 rings (SSSR count). The molecule has 5 heteroatoms. The fourth-order valence-corrected chi connectivity index (χ4v) is 2.79. The number of nitrogens with zero attached hydrogens (tertiary/aromatic N) is 2. The van der Waals surface area contributed by atoms with Gasteiger partial charge in [-0.05, 0) is 5.56 Å². The first kappa shape index (κ1) is 13.5. The highest BCUT2D eigenvalue weighted by molar-refractivity contribution is 7.15. The van der Waals surface area contributed by atoms with Crippen molar-refractivity contribution in [1.82, 2.24) is 9.88 Å². The predicted octanol–water partition coefficient (Wildman–Crippen LogP) is 2.76. The molecule has 0 saturated carbocycles. The molecule has 0 aliphatic carbocycles. The van der Waals surface area contributed by atoms with Crippen molar-refractivity contribution in [1.29, 1.82) is 0 Å². The quantitative estimate of drug-likeness (QED) is 0.885. The van der Waals surface area contributed by atoms with Crippen LogP contribution >= 0.6 is 22.9 Å². The summed E-state index contributed by atoms with van der Waals surface area (Å²) in [5, 5.41) is 1.03. The molecular weight excluding hydrogens is 266 g/mol. The van der Waals surface area contributed by atoms with Gasteiger partial charge >= 0.3 is 0 Å². The van der Waals surface area contributed by atoms with E-state index < -0.39 is 0 Å². The molecule has 0 atom stereocenters. The summed E-state index contributed by atoms with van der Waals surface area (Å²) >= 11 is 7.42. The molecule has 2 N–H and O–H groups in total. The maximum absolute atomic E-state index is 5.89. The van der Waals surface area contributed by atoms with Crippen LogP contribution in [0.15, 0.2) is 36.5 Å². The SMILES string of the molecule is NCCN(Cc1ccccc1)Cc1ncc(Cl)s1. The number of halogens is 1. The van der Waals surface area contributed by atoms with Gasteiger partial charge in [-0.2, -0.15) is 0 Å². The van der Waals surface area contributed by atoms with E-state index in [1.807, 2.05) is 6.07 Å². The number of benzene rings is 1. The molecule has 2 aromatic rings. The lowest BCUT2D eigenvalue weighted by atomic mass is 10.2. The molecule has 1 aromatic carbocycles. The Kier molecular flexibility index (Phi) is 5.13. The maximum Gasteiger partial charge on any atom is 0.113 e. The van der Waals surface area contributed by atoms with Crippen molar-refractivity contribution in [3.05, 3.63) is 51.4 Å². The van der Waals surface area contributed by atoms with Crippen LogP contribution < -0.4 is 5.73 Å². The summed E-state index contributed by atoms with van der Waals surface area (Å²) in [5.74, 6) is 0. The van der Waals surface area contributed by atoms with E-state index in [9.17, 15) is 0 Å². The molecular formula is C13H16ClN3S. The Bertz CT molecular complexity index is 472. The average molecular weight is 282 g/mol. The first-order chi connectivity index (χ1) is 8.78. The zero-order valence-electron chi connectivity index (χ0n) is 10.1. The van der Waals surface area contributed by atoms with Crippen LogP contribution in [-0.4, -0.2) is 23.0 Å². The van der Waals surface area contributed by atoms with Crippen LogP contribution in [0.25, 0.3) is 0 Å². The van der Waals surface area contributed by atoms with Crippen LogP contribution in [0.3, 0.4) is 0 Å². The molecule has 0 spiro atoms. The molecule has 96 valence electrons. The van der Waals surface area contributed by atoms with Crippen molar-refractivity contribution in [2.75, 3.05) is 13.1 Å². The van der Waals surface area contributed by atoms with Crippen molar-refractivity contribution in [3.63, 3.8) is 0 Å². The van der Waals surface area contributed by atoms with Crippen LogP contribution in [0, 0.1) is 0 Å². The Morgan fingerprint density at radius 2 is 2.00 bits per heavy atom. The highest BCUT2D eigenvalue weighted by Gasteiger charge is 2.09. The highest BCUT2D eigenvalue weighted by atomic mass is 35.5. The van der Waals surface area contributed by atoms with Gasteiger partial charge < -0.3 is 5.73 Å². The summed E-state index contributed by atoms with van der Waals surface area (Å²) in [5.41, 5.74) is 6.94. The first-order valence-corrected chi connectivity index (χ1v) is 7.04. The fourth-order valence-electron chi connectivity index (χ4n) is 1.79. The zero-order valence-corrected chi connectivity index (χ0v) is 11.6. The highest BCUT2D eigenvalue weighted by Crippen LogP contribution is 2.20. The molecule has 0 bridgehead atoms. The summed E-state index contributed by atoms with van der Waals surface area (Å²) in [6.45, 7) is 3.18. The second-order valence-corrected chi connectivity index (χ2v) is 5.79. The molecule has 0 aliphatic rings. The molecule has 18 heavy (non-hydrogen) atoms. The normalized spacial score (nSPS) is 11.1. The standard InChI is InChI=1S/C13H16ClN3S/c14-12-8-16-13(18-12)10-17(7-6-15)9-11-4-2-1-3-5-11/h1-5,8H,6-7,9-10,15H2. The number of thiazole rings is 1. The Labute approximate surface area is 116 Å². The monoisotopic (exact) mass is 281 g/mol. The van der Waals surface area contributed by atoms with Gasteiger partial charge in [0.25, 0.3) is 0 Å². The summed E-state index contributed by atoms with van der Waals surface area (Å²) in [6.07, 6.45) is 1.70. The zero-order chi connectivity index (χ0) is 12.8. The van der Waals surface area contributed by atoms with Gasteiger partial charge in [0.1, 0.15) is 9.34 Å². The molecule has 0 aliphatic heterocycles. The van der Waals surface area contributed by atoms with E-state index >= 15 is 0 Å². The van der Waals surface area contributed by atoms with Crippen LogP contribution in [-0.2, 0) is 13.1 Å². The van der Waals surface area contributed by atoms with E-state index in [0.29, 0.717) is 6.54 Å². The topological polar surface area (TPSA) is 42.1 Å². The third-order valence-corrected chi connectivity index (χ3v) is 3.68. The average Bonchev–Trinajstić information content (AvgIpc) is 2.76. The van der Waals surface area contributed by atoms with Crippen molar-refractivity contribution in [3.8, 4) is 0 Å². The summed E-state index contributed by atoms with van der Waals surface area (Å²) < 4.78 is 0.734. The minimum absolute atomic E-state index is 0.645. The van der Waals surface area contributed by atoms with Gasteiger partial charge in [0.15, 0.2) is 0 Å². The molecule has 0 amide bonds. The van der Waals surface area contributed by atoms with Gasteiger partial charge in [-0.1, -0.05) is 41.9 Å². The van der Waals surface area contributed by atoms with Gasteiger partial charge in [0, 0.05) is 19.6 Å². The van der Waals surface area contributed by atoms with Gasteiger partial charge in [-0.25, -0.2) is 4.98 Å². The molecule has 1 aromatic heterocycles. The lowest BCUT2D eigenvalue weighted by Crippen LogP contribution is -2.28. The number of hydrogen-bond donors (Lipinski definition) is 1. The summed E-state index contributed by atoms with van der Waals surface area (Å²) in [6, 6.07) is 10.4. The second-order valence-electron chi connectivity index (χ2n) is 4.04. The van der Waals surface area contributed by atoms with Crippen LogP contribution in [0.2, 0.25) is 4.34 Å². The Morgan fingerprint density at radius 1 is 1.22 bits per heavy atom. The molecule has 1 heterocycles. The predicted molar refractivity (Wildman–Crippen MR) is 76.7 cm³/mol. The van der Waals surface area contributed by atoms with E-state index in [-0.39, 0.29) is 0 Å². The van der Waals surface area contributed by atoms with E-state index in [1.165, 1.54) is 16.9 Å². The van der Waals surface area contributed by atoms with Gasteiger partial charge in [-0.15, -0.1) is 11.3 Å². The van der Waals surface area contributed by atoms with Crippen molar-refractivity contribution in [2.24, 2.45) is 5.73 Å². The number of rotatable bonds is 6. The Balaban J connectivity index is 1.99. The first-order valence-electron chi connectivity index (χ1n) is 5.84. The maximum atomic E-state index is 5.89. The van der Waals surface area contributed by atoms with Crippen LogP contribution in [0.5, 0.6) is 0 Å². The smallest absolute Gasteiger partial charge is 0.113 e. The van der Waals surface area contributed by atoms with Gasteiger partial charge in [-0.3, -0.25) is 4.90 Å². The van der Waals surface area contributed by atoms with Crippen LogP contribution in [0.4, 0.5) is 0 Å². The lowest BCUT2D eigenvalue weighted by molar-refractivity contribution is 0.264. The third-order valence-electron chi connectivity index (χ3n) is 2.58. The second kappa shape index (κ2) is 6.85. The number of hydrogen-bond acceptors (Lipinski definition) is 4. The molecule has 0 saturated heterocycles.